The zero-order chi connectivity index (χ0) is 13.5. The van der Waals surface area contributed by atoms with Crippen LogP contribution in [0.3, 0.4) is 0 Å². The maximum atomic E-state index is 5.63. The van der Waals surface area contributed by atoms with Gasteiger partial charge in [0, 0.05) is 36.5 Å². The van der Waals surface area contributed by atoms with Crippen LogP contribution in [0.15, 0.2) is 6.20 Å². The van der Waals surface area contributed by atoms with Crippen LogP contribution in [0.4, 0.5) is 0 Å². The highest BCUT2D eigenvalue weighted by molar-refractivity contribution is 5.17. The second-order valence-corrected chi connectivity index (χ2v) is 4.98. The van der Waals surface area contributed by atoms with Crippen molar-refractivity contribution in [2.75, 3.05) is 26.4 Å². The number of nitrogens with one attached hydrogen (secondary N) is 1. The third kappa shape index (κ3) is 4.44. The predicted octanol–water partition coefficient (Wildman–Crippen LogP) is 1.70. The van der Waals surface area contributed by atoms with Crippen LogP contribution in [-0.4, -0.2) is 36.3 Å². The van der Waals surface area contributed by atoms with Crippen LogP contribution in [0.25, 0.3) is 0 Å². The third-order valence-electron chi connectivity index (χ3n) is 3.27. The Balaban J connectivity index is 1.83. The first-order chi connectivity index (χ1) is 9.29. The number of aryl methyl sites for hydroxylation is 1. The average Bonchev–Trinajstić information content (AvgIpc) is 2.92. The lowest BCUT2D eigenvalue weighted by Gasteiger charge is -2.11. The number of hydrogen-bond acceptors (Lipinski definition) is 5. The van der Waals surface area contributed by atoms with Gasteiger partial charge >= 0.3 is 6.01 Å². The number of rotatable bonds is 7. The number of hydrogen-bond donors (Lipinski definition) is 1. The fourth-order valence-corrected chi connectivity index (χ4v) is 2.02. The van der Waals surface area contributed by atoms with Gasteiger partial charge in [-0.15, -0.1) is 0 Å². The van der Waals surface area contributed by atoms with E-state index in [1.54, 1.807) is 0 Å². The minimum Gasteiger partial charge on any atom is -0.463 e. The van der Waals surface area contributed by atoms with Crippen LogP contribution >= 0.6 is 0 Å². The molecule has 1 aliphatic heterocycles. The number of ether oxygens (including phenoxy) is 2. The fourth-order valence-electron chi connectivity index (χ4n) is 2.02. The largest absolute Gasteiger partial charge is 0.463 e. The monoisotopic (exact) mass is 265 g/mol. The van der Waals surface area contributed by atoms with Crippen molar-refractivity contribution in [3.05, 3.63) is 17.5 Å². The molecule has 1 saturated heterocycles. The SMILES string of the molecule is CCCNCc1cnc(OCC2CCOC2)nc1C. The van der Waals surface area contributed by atoms with Gasteiger partial charge in [-0.05, 0) is 26.3 Å². The van der Waals surface area contributed by atoms with E-state index in [9.17, 15) is 0 Å². The van der Waals surface area contributed by atoms with Crippen molar-refractivity contribution in [3.63, 3.8) is 0 Å². The summed E-state index contributed by atoms with van der Waals surface area (Å²) in [7, 11) is 0. The topological polar surface area (TPSA) is 56.3 Å². The summed E-state index contributed by atoms with van der Waals surface area (Å²) >= 11 is 0. The highest BCUT2D eigenvalue weighted by Gasteiger charge is 2.16. The van der Waals surface area contributed by atoms with Crippen LogP contribution in [0.5, 0.6) is 6.01 Å². The molecular formula is C14H23N3O2. The molecule has 5 heteroatoms. The van der Waals surface area contributed by atoms with E-state index in [0.29, 0.717) is 18.5 Å². The molecule has 0 amide bonds. The van der Waals surface area contributed by atoms with Gasteiger partial charge in [0.2, 0.25) is 0 Å². The molecular weight excluding hydrogens is 242 g/mol. The van der Waals surface area contributed by atoms with Gasteiger partial charge in [0.05, 0.1) is 13.2 Å². The molecule has 2 heterocycles. The van der Waals surface area contributed by atoms with Gasteiger partial charge < -0.3 is 14.8 Å². The van der Waals surface area contributed by atoms with Gasteiger partial charge in [-0.2, -0.15) is 0 Å². The Hall–Kier alpha value is -1.20. The van der Waals surface area contributed by atoms with Gasteiger partial charge in [0.25, 0.3) is 0 Å². The number of aromatic nitrogens is 2. The molecule has 1 N–H and O–H groups in total. The van der Waals surface area contributed by atoms with Gasteiger partial charge in [-0.25, -0.2) is 9.97 Å². The van der Waals surface area contributed by atoms with Crippen molar-refractivity contribution in [2.24, 2.45) is 5.92 Å². The summed E-state index contributed by atoms with van der Waals surface area (Å²) in [5, 5.41) is 3.35. The molecule has 1 atom stereocenters. The van der Waals surface area contributed by atoms with E-state index in [-0.39, 0.29) is 0 Å². The normalized spacial score (nSPS) is 18.7. The predicted molar refractivity (Wildman–Crippen MR) is 73.2 cm³/mol. The maximum Gasteiger partial charge on any atom is 0.316 e. The van der Waals surface area contributed by atoms with Crippen LogP contribution in [0, 0.1) is 12.8 Å². The summed E-state index contributed by atoms with van der Waals surface area (Å²) in [4.78, 5) is 8.66. The van der Waals surface area contributed by atoms with Gasteiger partial charge in [-0.3, -0.25) is 0 Å². The van der Waals surface area contributed by atoms with Crippen LogP contribution < -0.4 is 10.1 Å². The van der Waals surface area contributed by atoms with Gasteiger partial charge in [-0.1, -0.05) is 6.92 Å². The summed E-state index contributed by atoms with van der Waals surface area (Å²) in [6.07, 6.45) is 4.05. The Labute approximate surface area is 114 Å². The van der Waals surface area contributed by atoms with E-state index in [1.807, 2.05) is 13.1 Å². The molecule has 1 aromatic rings. The zero-order valence-corrected chi connectivity index (χ0v) is 11.8. The molecule has 0 radical (unpaired) electrons. The minimum atomic E-state index is 0.476. The molecule has 1 aromatic heterocycles. The van der Waals surface area contributed by atoms with Crippen molar-refractivity contribution < 1.29 is 9.47 Å². The number of nitrogens with zero attached hydrogens (tertiary/aromatic N) is 2. The Kier molecular flexibility index (Phi) is 5.54. The first-order valence-electron chi connectivity index (χ1n) is 7.03. The van der Waals surface area contributed by atoms with E-state index in [0.717, 1.165) is 50.4 Å². The Morgan fingerprint density at radius 1 is 1.53 bits per heavy atom. The minimum absolute atomic E-state index is 0.476. The zero-order valence-electron chi connectivity index (χ0n) is 11.8. The highest BCUT2D eigenvalue weighted by atomic mass is 16.5. The quantitative estimate of drug-likeness (QED) is 0.760. The van der Waals surface area contributed by atoms with Gasteiger partial charge in [0.1, 0.15) is 0 Å². The molecule has 1 unspecified atom stereocenters. The maximum absolute atomic E-state index is 5.63. The molecule has 19 heavy (non-hydrogen) atoms. The highest BCUT2D eigenvalue weighted by Crippen LogP contribution is 2.14. The Bertz CT molecular complexity index is 392. The second kappa shape index (κ2) is 7.40. The van der Waals surface area contributed by atoms with Crippen molar-refractivity contribution in [3.8, 4) is 6.01 Å². The molecule has 2 rings (SSSR count). The van der Waals surface area contributed by atoms with Crippen molar-refractivity contribution in [1.82, 2.24) is 15.3 Å². The first-order valence-corrected chi connectivity index (χ1v) is 7.03. The second-order valence-electron chi connectivity index (χ2n) is 4.98. The fraction of sp³-hybridized carbons (Fsp3) is 0.714. The van der Waals surface area contributed by atoms with Crippen LogP contribution in [0.1, 0.15) is 31.0 Å². The molecule has 0 aliphatic carbocycles. The molecule has 1 fully saturated rings. The van der Waals surface area contributed by atoms with Crippen molar-refractivity contribution >= 4 is 0 Å². The molecule has 5 nitrogen and oxygen atoms in total. The van der Waals surface area contributed by atoms with E-state index in [4.69, 9.17) is 9.47 Å². The summed E-state index contributed by atoms with van der Waals surface area (Å²) in [6.45, 7) is 8.26. The first kappa shape index (κ1) is 14.2. The molecule has 0 aromatic carbocycles. The van der Waals surface area contributed by atoms with Gasteiger partial charge in [0.15, 0.2) is 0 Å². The molecule has 1 aliphatic rings. The molecule has 106 valence electrons. The van der Waals surface area contributed by atoms with E-state index in [1.165, 1.54) is 0 Å². The van der Waals surface area contributed by atoms with Crippen molar-refractivity contribution in [1.29, 1.82) is 0 Å². The summed E-state index contributed by atoms with van der Waals surface area (Å²) in [5.74, 6) is 0.481. The van der Waals surface area contributed by atoms with E-state index < -0.39 is 0 Å². The molecule has 0 bridgehead atoms. The average molecular weight is 265 g/mol. The lowest BCUT2D eigenvalue weighted by Crippen LogP contribution is -2.16. The summed E-state index contributed by atoms with van der Waals surface area (Å²) < 4.78 is 10.9. The summed E-state index contributed by atoms with van der Waals surface area (Å²) in [6, 6.07) is 0.476. The summed E-state index contributed by atoms with van der Waals surface area (Å²) in [5.41, 5.74) is 2.11. The Morgan fingerprint density at radius 2 is 2.42 bits per heavy atom. The standard InChI is InChI=1S/C14H23N3O2/c1-3-5-15-7-13-8-16-14(17-11(13)2)19-10-12-4-6-18-9-12/h8,12,15H,3-7,9-10H2,1-2H3. The lowest BCUT2D eigenvalue weighted by atomic mass is 10.1. The smallest absolute Gasteiger partial charge is 0.316 e. The van der Waals surface area contributed by atoms with Crippen molar-refractivity contribution in [2.45, 2.75) is 33.2 Å². The van der Waals surface area contributed by atoms with E-state index in [2.05, 4.69) is 22.2 Å². The third-order valence-corrected chi connectivity index (χ3v) is 3.27. The van der Waals surface area contributed by atoms with Crippen LogP contribution in [0.2, 0.25) is 0 Å². The molecule has 0 spiro atoms. The van der Waals surface area contributed by atoms with E-state index >= 15 is 0 Å². The van der Waals surface area contributed by atoms with Crippen LogP contribution in [-0.2, 0) is 11.3 Å². The Morgan fingerprint density at radius 3 is 3.11 bits per heavy atom. The lowest BCUT2D eigenvalue weighted by molar-refractivity contribution is 0.163. The molecule has 0 saturated carbocycles.